The number of rotatable bonds is 7. The molecule has 1 amide bonds. The number of hydrogen-bond donors (Lipinski definition) is 1. The van der Waals surface area contributed by atoms with E-state index in [1.165, 1.54) is 25.3 Å². The number of nitrogens with one attached hydrogen (secondary N) is 1. The van der Waals surface area contributed by atoms with Crippen molar-refractivity contribution in [3.05, 3.63) is 53.6 Å². The molecule has 168 valence electrons. The molecule has 1 aliphatic heterocycles. The molecule has 0 atom stereocenters. The van der Waals surface area contributed by atoms with Gasteiger partial charge in [-0.15, -0.1) is 0 Å². The van der Waals surface area contributed by atoms with Gasteiger partial charge in [-0.05, 0) is 54.8 Å². The molecule has 1 aliphatic rings. The van der Waals surface area contributed by atoms with E-state index in [1.807, 2.05) is 11.0 Å². The van der Waals surface area contributed by atoms with Crippen LogP contribution in [0.25, 0.3) is 6.08 Å². The number of ether oxygens (including phenoxy) is 2. The van der Waals surface area contributed by atoms with Crippen molar-refractivity contribution in [2.75, 3.05) is 37.0 Å². The van der Waals surface area contributed by atoms with Crippen LogP contribution in [-0.2, 0) is 11.0 Å². The SMILES string of the molecule is COc1cc(/C=C/C(=O)Nc2cc(C(F)(F)F)ccc2N2CCCC2)ccc1OCC#N. The van der Waals surface area contributed by atoms with Gasteiger partial charge in [0, 0.05) is 19.2 Å². The van der Waals surface area contributed by atoms with Crippen molar-refractivity contribution >= 4 is 23.4 Å². The first-order chi connectivity index (χ1) is 15.3. The lowest BCUT2D eigenvalue weighted by molar-refractivity contribution is -0.137. The van der Waals surface area contributed by atoms with E-state index in [4.69, 9.17) is 14.7 Å². The van der Waals surface area contributed by atoms with Gasteiger partial charge in [-0.25, -0.2) is 0 Å². The number of anilines is 2. The van der Waals surface area contributed by atoms with E-state index >= 15 is 0 Å². The second kappa shape index (κ2) is 10.1. The Kier molecular flexibility index (Phi) is 7.25. The molecule has 0 saturated carbocycles. The van der Waals surface area contributed by atoms with Gasteiger partial charge in [-0.3, -0.25) is 4.79 Å². The van der Waals surface area contributed by atoms with Gasteiger partial charge in [0.05, 0.1) is 24.0 Å². The molecule has 0 aliphatic carbocycles. The highest BCUT2D eigenvalue weighted by Crippen LogP contribution is 2.36. The van der Waals surface area contributed by atoms with Crippen LogP contribution in [0.2, 0.25) is 0 Å². The number of benzene rings is 2. The molecule has 0 radical (unpaired) electrons. The third-order valence-corrected chi connectivity index (χ3v) is 4.94. The summed E-state index contributed by atoms with van der Waals surface area (Å²) in [6.45, 7) is 1.32. The molecule has 2 aromatic carbocycles. The van der Waals surface area contributed by atoms with Crippen LogP contribution >= 0.6 is 0 Å². The summed E-state index contributed by atoms with van der Waals surface area (Å²) in [7, 11) is 1.45. The van der Waals surface area contributed by atoms with Crippen LogP contribution in [0, 0.1) is 11.3 Å². The predicted molar refractivity (Wildman–Crippen MR) is 115 cm³/mol. The Hall–Kier alpha value is -3.67. The Morgan fingerprint density at radius 2 is 1.94 bits per heavy atom. The lowest BCUT2D eigenvalue weighted by atomic mass is 10.1. The highest BCUT2D eigenvalue weighted by atomic mass is 19.4. The molecule has 3 rings (SSSR count). The van der Waals surface area contributed by atoms with E-state index in [9.17, 15) is 18.0 Å². The zero-order chi connectivity index (χ0) is 23.1. The number of nitrogens with zero attached hydrogens (tertiary/aromatic N) is 2. The molecule has 32 heavy (non-hydrogen) atoms. The van der Waals surface area contributed by atoms with Crippen molar-refractivity contribution in [1.82, 2.24) is 0 Å². The summed E-state index contributed by atoms with van der Waals surface area (Å²) in [5, 5.41) is 11.2. The molecule has 1 heterocycles. The molecule has 1 fully saturated rings. The number of amides is 1. The monoisotopic (exact) mass is 445 g/mol. The zero-order valence-electron chi connectivity index (χ0n) is 17.4. The summed E-state index contributed by atoms with van der Waals surface area (Å²) in [6.07, 6.45) is 0.132. The first-order valence-electron chi connectivity index (χ1n) is 9.95. The maximum absolute atomic E-state index is 13.2. The fraction of sp³-hybridized carbons (Fsp3) is 0.304. The number of hydrogen-bond acceptors (Lipinski definition) is 5. The van der Waals surface area contributed by atoms with E-state index in [1.54, 1.807) is 18.2 Å². The fourth-order valence-corrected chi connectivity index (χ4v) is 3.41. The van der Waals surface area contributed by atoms with Crippen molar-refractivity contribution < 1.29 is 27.4 Å². The molecule has 0 aromatic heterocycles. The number of alkyl halides is 3. The summed E-state index contributed by atoms with van der Waals surface area (Å²) in [6, 6.07) is 10.1. The lowest BCUT2D eigenvalue weighted by Gasteiger charge is -2.22. The highest BCUT2D eigenvalue weighted by molar-refractivity contribution is 6.04. The van der Waals surface area contributed by atoms with Crippen LogP contribution in [0.5, 0.6) is 11.5 Å². The van der Waals surface area contributed by atoms with Gasteiger partial charge < -0.3 is 19.7 Å². The van der Waals surface area contributed by atoms with Gasteiger partial charge in [0.1, 0.15) is 6.07 Å². The Bertz CT molecular complexity index is 1040. The number of methoxy groups -OCH3 is 1. The Morgan fingerprint density at radius 3 is 2.59 bits per heavy atom. The quantitative estimate of drug-likeness (QED) is 0.616. The molecule has 2 aromatic rings. The molecule has 9 heteroatoms. The number of nitriles is 1. The van der Waals surface area contributed by atoms with Crippen LogP contribution in [0.15, 0.2) is 42.5 Å². The topological polar surface area (TPSA) is 74.6 Å². The standard InChI is InChI=1S/C23H22F3N3O3/c1-31-21-14-16(4-8-20(21)32-13-10-27)5-9-22(30)28-18-15-17(23(24,25)26)6-7-19(18)29-11-2-3-12-29/h4-9,14-15H,2-3,11-13H2,1H3,(H,28,30)/b9-5+. The number of carbonyl (C=O) groups excluding carboxylic acids is 1. The van der Waals surface area contributed by atoms with Gasteiger partial charge >= 0.3 is 6.18 Å². The highest BCUT2D eigenvalue weighted by Gasteiger charge is 2.31. The molecular formula is C23H22F3N3O3. The van der Waals surface area contributed by atoms with Crippen LogP contribution < -0.4 is 19.7 Å². The molecule has 6 nitrogen and oxygen atoms in total. The van der Waals surface area contributed by atoms with E-state index in [0.29, 0.717) is 22.7 Å². The van der Waals surface area contributed by atoms with E-state index in [2.05, 4.69) is 5.32 Å². The van der Waals surface area contributed by atoms with Gasteiger partial charge in [0.25, 0.3) is 0 Å². The van der Waals surface area contributed by atoms with E-state index in [0.717, 1.165) is 38.1 Å². The van der Waals surface area contributed by atoms with Crippen molar-refractivity contribution in [3.8, 4) is 17.6 Å². The zero-order valence-corrected chi connectivity index (χ0v) is 17.4. The minimum atomic E-state index is -4.51. The molecule has 0 unspecified atom stereocenters. The van der Waals surface area contributed by atoms with Gasteiger partial charge in [-0.1, -0.05) is 6.07 Å². The minimum Gasteiger partial charge on any atom is -0.493 e. The molecule has 0 spiro atoms. The van der Waals surface area contributed by atoms with Crippen molar-refractivity contribution in [1.29, 1.82) is 5.26 Å². The van der Waals surface area contributed by atoms with E-state index in [-0.39, 0.29) is 12.3 Å². The van der Waals surface area contributed by atoms with Gasteiger partial charge in [-0.2, -0.15) is 18.4 Å². The third-order valence-electron chi connectivity index (χ3n) is 4.94. The average molecular weight is 445 g/mol. The van der Waals surface area contributed by atoms with Crippen molar-refractivity contribution in [2.24, 2.45) is 0 Å². The second-order valence-corrected chi connectivity index (χ2v) is 7.10. The summed E-state index contributed by atoms with van der Waals surface area (Å²) in [5.41, 5.74) is 0.481. The maximum Gasteiger partial charge on any atom is 0.416 e. The largest absolute Gasteiger partial charge is 0.493 e. The third kappa shape index (κ3) is 5.72. The molecule has 1 saturated heterocycles. The van der Waals surface area contributed by atoms with Crippen LogP contribution in [0.1, 0.15) is 24.0 Å². The summed E-state index contributed by atoms with van der Waals surface area (Å²) < 4.78 is 50.0. The smallest absolute Gasteiger partial charge is 0.416 e. The maximum atomic E-state index is 13.2. The Balaban J connectivity index is 1.79. The summed E-state index contributed by atoms with van der Waals surface area (Å²) in [4.78, 5) is 14.4. The number of carbonyl (C=O) groups is 1. The Morgan fingerprint density at radius 1 is 1.19 bits per heavy atom. The van der Waals surface area contributed by atoms with E-state index < -0.39 is 17.6 Å². The predicted octanol–water partition coefficient (Wildman–Crippen LogP) is 4.87. The average Bonchev–Trinajstić information content (AvgIpc) is 3.30. The first kappa shape index (κ1) is 23.0. The van der Waals surface area contributed by atoms with Crippen LogP contribution in [-0.4, -0.2) is 32.7 Å². The molecular weight excluding hydrogens is 423 g/mol. The van der Waals surface area contributed by atoms with Crippen molar-refractivity contribution in [3.63, 3.8) is 0 Å². The fourth-order valence-electron chi connectivity index (χ4n) is 3.41. The lowest BCUT2D eigenvalue weighted by Crippen LogP contribution is -2.21. The van der Waals surface area contributed by atoms with Crippen molar-refractivity contribution in [2.45, 2.75) is 19.0 Å². The molecule has 0 bridgehead atoms. The minimum absolute atomic E-state index is 0.120. The van der Waals surface area contributed by atoms with Gasteiger partial charge in [0.2, 0.25) is 5.91 Å². The summed E-state index contributed by atoms with van der Waals surface area (Å²) >= 11 is 0. The molecule has 1 N–H and O–H groups in total. The normalized spacial score (nSPS) is 13.8. The van der Waals surface area contributed by atoms with Gasteiger partial charge in [0.15, 0.2) is 18.1 Å². The Labute approximate surface area is 183 Å². The van der Waals surface area contributed by atoms with Crippen LogP contribution in [0.3, 0.4) is 0 Å². The first-order valence-corrected chi connectivity index (χ1v) is 9.95. The van der Waals surface area contributed by atoms with Crippen LogP contribution in [0.4, 0.5) is 24.5 Å². The summed E-state index contributed by atoms with van der Waals surface area (Å²) in [5.74, 6) is 0.209. The second-order valence-electron chi connectivity index (χ2n) is 7.10. The number of halogens is 3.